The van der Waals surface area contributed by atoms with Crippen molar-refractivity contribution in [1.29, 1.82) is 5.26 Å². The summed E-state index contributed by atoms with van der Waals surface area (Å²) in [6.45, 7) is 6.44. The first-order valence-corrected chi connectivity index (χ1v) is 18.8. The molecule has 7 heteroatoms. The van der Waals surface area contributed by atoms with E-state index in [2.05, 4.69) is 48.8 Å². The van der Waals surface area contributed by atoms with Gasteiger partial charge in [-0.25, -0.2) is 4.98 Å². The lowest BCUT2D eigenvalue weighted by atomic mass is 9.88. The molecule has 282 valence electrons. The van der Waals surface area contributed by atoms with Crippen LogP contribution >= 0.6 is 0 Å². The summed E-state index contributed by atoms with van der Waals surface area (Å²) in [4.78, 5) is 9.17. The number of nitrogens with zero attached hydrogens (tertiary/aromatic N) is 6. The third-order valence-electron chi connectivity index (χ3n) is 10.3. The second-order valence-electron chi connectivity index (χ2n) is 15.0. The molecule has 0 N–H and O–H groups in total. The van der Waals surface area contributed by atoms with E-state index >= 15 is 0 Å². The Balaban J connectivity index is 1.15. The summed E-state index contributed by atoms with van der Waals surface area (Å²) in [5.41, 5.74) is 4.69. The maximum absolute atomic E-state index is 9.80. The van der Waals surface area contributed by atoms with Crippen molar-refractivity contribution >= 4 is 32.8 Å². The molecule has 0 spiro atoms. The van der Waals surface area contributed by atoms with Crippen molar-refractivity contribution in [2.45, 2.75) is 26.2 Å². The molecule has 10 aromatic rings. The molecule has 0 aliphatic rings. The number of para-hydroxylation sites is 2. The maximum atomic E-state index is 9.80. The molecule has 0 fully saturated rings. The number of pyridine rings is 2. The van der Waals surface area contributed by atoms with Crippen molar-refractivity contribution in [1.82, 2.24) is 19.1 Å². The number of rotatable bonds is 7. The van der Waals surface area contributed by atoms with Crippen LogP contribution < -0.4 is 9.30 Å². The van der Waals surface area contributed by atoms with Gasteiger partial charge in [0.1, 0.15) is 17.3 Å². The number of nitriles is 1. The first-order valence-electron chi connectivity index (χ1n) is 23.8. The van der Waals surface area contributed by atoms with Gasteiger partial charge in [0, 0.05) is 46.6 Å². The molecule has 59 heavy (non-hydrogen) atoms. The van der Waals surface area contributed by atoms with Crippen LogP contribution in [0.1, 0.15) is 45.6 Å². The molecular formula is C52H38N6O. The van der Waals surface area contributed by atoms with Crippen molar-refractivity contribution in [3.05, 3.63) is 194 Å². The zero-order valence-electron chi connectivity index (χ0n) is 42.1. The van der Waals surface area contributed by atoms with Gasteiger partial charge in [0.25, 0.3) is 6.33 Å². The molecule has 0 amide bonds. The van der Waals surface area contributed by atoms with E-state index in [0.717, 1.165) is 27.4 Å². The van der Waals surface area contributed by atoms with Gasteiger partial charge in [-0.3, -0.25) is 18.7 Å². The van der Waals surface area contributed by atoms with Crippen LogP contribution in [0.15, 0.2) is 176 Å². The molecule has 0 saturated heterocycles. The minimum Gasteiger partial charge on any atom is -0.458 e. The van der Waals surface area contributed by atoms with E-state index in [4.69, 9.17) is 23.4 Å². The minimum atomic E-state index is -0.595. The first kappa shape index (κ1) is 26.2. The number of fused-ring (bicyclic) bond motifs is 4. The molecule has 7 nitrogen and oxygen atoms in total. The summed E-state index contributed by atoms with van der Waals surface area (Å²) >= 11 is 0. The highest BCUT2D eigenvalue weighted by atomic mass is 16.5. The second-order valence-corrected chi connectivity index (χ2v) is 15.0. The van der Waals surface area contributed by atoms with Crippen molar-refractivity contribution < 1.29 is 23.0 Å². The van der Waals surface area contributed by atoms with Crippen molar-refractivity contribution in [2.75, 3.05) is 0 Å². The van der Waals surface area contributed by atoms with Crippen molar-refractivity contribution in [3.63, 3.8) is 0 Å². The number of ether oxygens (including phenoxy) is 1. The summed E-state index contributed by atoms with van der Waals surface area (Å²) in [5.74, 6) is 1.71. The number of aromatic nitrogens is 5. The third-order valence-corrected chi connectivity index (χ3v) is 10.3. The number of benzene rings is 6. The lowest BCUT2D eigenvalue weighted by molar-refractivity contribution is -0.571. The largest absolute Gasteiger partial charge is 0.458 e. The topological polar surface area (TPSA) is 72.5 Å². The van der Waals surface area contributed by atoms with Gasteiger partial charge in [-0.2, -0.15) is 5.26 Å². The number of hydrogen-bond donors (Lipinski definition) is 0. The SMILES string of the molecule is [2H]c1c([2H])c([2H])c(-c2cncc(-c3c([2H])c([2H])c([2H])c([2H])c3[2H])c2-[n+]2[c-]n(-c3cccc(Oc4ccc5c6cc(C#N)ccc6n(-c6cc(C(C)(C)C)ccn6)c5c4)c3)c3ccccc32)c([2H])c1[2H]. The lowest BCUT2D eigenvalue weighted by Gasteiger charge is -2.20. The number of hydrogen-bond acceptors (Lipinski definition) is 4. The van der Waals surface area contributed by atoms with Gasteiger partial charge in [-0.1, -0.05) is 112 Å². The Hall–Kier alpha value is -7.82. The second kappa shape index (κ2) is 14.3. The minimum absolute atomic E-state index is 0.0366. The van der Waals surface area contributed by atoms with Gasteiger partial charge in [0.2, 0.25) is 0 Å². The van der Waals surface area contributed by atoms with Gasteiger partial charge in [-0.15, -0.1) is 0 Å². The molecule has 0 radical (unpaired) electrons. The van der Waals surface area contributed by atoms with Crippen LogP contribution in [0.25, 0.3) is 72.3 Å². The molecule has 0 bridgehead atoms. The van der Waals surface area contributed by atoms with Crippen LogP contribution in [0.4, 0.5) is 0 Å². The monoisotopic (exact) mass is 772 g/mol. The van der Waals surface area contributed by atoms with E-state index in [1.165, 1.54) is 12.4 Å². The molecule has 0 aliphatic heterocycles. The Bertz CT molecular complexity index is 3710. The predicted molar refractivity (Wildman–Crippen MR) is 234 cm³/mol. The zero-order valence-corrected chi connectivity index (χ0v) is 32.1. The molecule has 4 heterocycles. The van der Waals surface area contributed by atoms with Crippen LogP contribution in [0.3, 0.4) is 0 Å². The Morgan fingerprint density at radius 1 is 0.712 bits per heavy atom. The van der Waals surface area contributed by atoms with Gasteiger partial charge in [0.15, 0.2) is 0 Å². The highest BCUT2D eigenvalue weighted by Crippen LogP contribution is 2.37. The molecule has 6 aromatic carbocycles. The molecule has 0 unspecified atom stereocenters. The fraction of sp³-hybridized carbons (Fsp3) is 0.0769. The normalized spacial score (nSPS) is 14.0. The molecule has 4 aromatic heterocycles. The smallest absolute Gasteiger partial charge is 0.269 e. The summed E-state index contributed by atoms with van der Waals surface area (Å²) in [6, 6.07) is 26.7. The van der Waals surface area contributed by atoms with E-state index in [9.17, 15) is 5.26 Å². The maximum Gasteiger partial charge on any atom is 0.269 e. The summed E-state index contributed by atoms with van der Waals surface area (Å²) < 4.78 is 98.6. The van der Waals surface area contributed by atoms with E-state index < -0.39 is 60.4 Å². The average molecular weight is 773 g/mol. The van der Waals surface area contributed by atoms with Gasteiger partial charge < -0.3 is 4.74 Å². The Morgan fingerprint density at radius 2 is 1.44 bits per heavy atom. The van der Waals surface area contributed by atoms with E-state index in [1.807, 2.05) is 72.8 Å². The highest BCUT2D eigenvalue weighted by Gasteiger charge is 2.21. The summed E-state index contributed by atoms with van der Waals surface area (Å²) in [5, 5.41) is 11.6. The summed E-state index contributed by atoms with van der Waals surface area (Å²) in [6.07, 6.45) is 7.86. The van der Waals surface area contributed by atoms with E-state index in [1.54, 1.807) is 33.5 Å². The van der Waals surface area contributed by atoms with Crippen LogP contribution in [-0.4, -0.2) is 19.1 Å². The van der Waals surface area contributed by atoms with E-state index in [0.29, 0.717) is 39.6 Å². The van der Waals surface area contributed by atoms with Crippen LogP contribution in [0.2, 0.25) is 0 Å². The lowest BCUT2D eigenvalue weighted by Crippen LogP contribution is -2.31. The van der Waals surface area contributed by atoms with Crippen LogP contribution in [0.5, 0.6) is 11.5 Å². The number of imidazole rings is 1. The molecule has 0 saturated carbocycles. The zero-order chi connectivity index (χ0) is 48.8. The molecular weight excluding hydrogens is 725 g/mol. The molecule has 0 aliphatic carbocycles. The average Bonchev–Trinajstić information content (AvgIpc) is 3.89. The highest BCUT2D eigenvalue weighted by molar-refractivity contribution is 6.10. The fourth-order valence-corrected chi connectivity index (χ4v) is 7.46. The van der Waals surface area contributed by atoms with Gasteiger partial charge >= 0.3 is 0 Å². The van der Waals surface area contributed by atoms with Crippen molar-refractivity contribution in [2.24, 2.45) is 0 Å². The molecule has 0 atom stereocenters. The third kappa shape index (κ3) is 6.37. The fourth-order valence-electron chi connectivity index (χ4n) is 7.46. The Labute approximate surface area is 356 Å². The van der Waals surface area contributed by atoms with Crippen LogP contribution in [-0.2, 0) is 5.41 Å². The van der Waals surface area contributed by atoms with Gasteiger partial charge in [-0.05, 0) is 82.8 Å². The van der Waals surface area contributed by atoms with Crippen molar-refractivity contribution in [3.8, 4) is 57.0 Å². The van der Waals surface area contributed by atoms with Gasteiger partial charge in [0.05, 0.1) is 58.8 Å². The standard InChI is InChI=1S/C52H38N6O/c1-52(2,3)38-25-26-55-50(28-38)58-46-24-21-35(31-53)27-43(46)42-23-22-41(30-49(42)58)59-40-18-12-17-39(29-40)56-34-57(48-20-11-10-19-47(48)56)51-44(36-13-6-4-7-14-36)32-54-33-45(51)37-15-8-5-9-16-37/h4-30,32-33H,1-3H3/i4D,5D,6D,7D,8D,9D,13D,14D,15D,16D. The Kier molecular flexibility index (Phi) is 6.33. The predicted octanol–water partition coefficient (Wildman–Crippen LogP) is 11.9. The molecule has 10 rings (SSSR count). The Morgan fingerprint density at radius 3 is 2.17 bits per heavy atom. The summed E-state index contributed by atoms with van der Waals surface area (Å²) in [7, 11) is 0. The van der Waals surface area contributed by atoms with Crippen LogP contribution in [0, 0.1) is 17.7 Å². The quantitative estimate of drug-likeness (QED) is 0.119. The van der Waals surface area contributed by atoms with E-state index in [-0.39, 0.29) is 33.4 Å². The first-order chi connectivity index (χ1) is 33.0.